The Morgan fingerprint density at radius 1 is 0.955 bits per heavy atom. The third-order valence-electron chi connectivity index (χ3n) is 2.99. The minimum Gasteiger partial charge on any atom is -0.508 e. The first-order valence-electron chi connectivity index (χ1n) is 5.98. The van der Waals surface area contributed by atoms with Crippen LogP contribution >= 0.6 is 0 Å². The molecule has 0 radical (unpaired) electrons. The van der Waals surface area contributed by atoms with Gasteiger partial charge in [-0.25, -0.2) is 4.79 Å². The molecule has 0 aromatic heterocycles. The predicted molar refractivity (Wildman–Crippen MR) is 73.7 cm³/mol. The number of carboxylic acids is 1. The van der Waals surface area contributed by atoms with Crippen molar-refractivity contribution in [2.75, 3.05) is 0 Å². The average Bonchev–Trinajstić information content (AvgIpc) is 2.45. The molecule has 0 saturated heterocycles. The molecule has 7 heteroatoms. The zero-order chi connectivity index (χ0) is 16.4. The molecule has 4 N–H and O–H groups in total. The van der Waals surface area contributed by atoms with Gasteiger partial charge in [0.15, 0.2) is 6.29 Å². The van der Waals surface area contributed by atoms with E-state index >= 15 is 0 Å². The smallest absolute Gasteiger partial charge is 0.336 e. The Morgan fingerprint density at radius 2 is 1.55 bits per heavy atom. The van der Waals surface area contributed by atoms with Crippen molar-refractivity contribution < 1.29 is 34.8 Å². The molecule has 0 saturated carbocycles. The van der Waals surface area contributed by atoms with Crippen molar-refractivity contribution in [2.24, 2.45) is 0 Å². The Morgan fingerprint density at radius 3 is 2.05 bits per heavy atom. The van der Waals surface area contributed by atoms with Gasteiger partial charge in [-0.3, -0.25) is 9.59 Å². The fraction of sp³-hybridized carbons (Fsp3) is 0. The number of rotatable bonds is 4. The number of carboxylic acid groups (broad SMARTS) is 1. The van der Waals surface area contributed by atoms with Crippen LogP contribution in [0.2, 0.25) is 0 Å². The predicted octanol–water partition coefficient (Wildman–Crippen LogP) is 1.55. The summed E-state index contributed by atoms with van der Waals surface area (Å²) in [4.78, 5) is 34.8. The van der Waals surface area contributed by atoms with Crippen LogP contribution in [0, 0.1) is 0 Å². The van der Waals surface area contributed by atoms with E-state index in [0.29, 0.717) is 0 Å². The molecule has 0 spiro atoms. The number of hydrogen-bond acceptors (Lipinski definition) is 6. The summed E-state index contributed by atoms with van der Waals surface area (Å²) in [6, 6.07) is 5.28. The highest BCUT2D eigenvalue weighted by Gasteiger charge is 2.26. The molecule has 0 heterocycles. The van der Waals surface area contributed by atoms with E-state index in [1.54, 1.807) is 0 Å². The average molecular weight is 302 g/mol. The fourth-order valence-corrected chi connectivity index (χ4v) is 2.05. The van der Waals surface area contributed by atoms with Crippen molar-refractivity contribution >= 4 is 18.0 Å². The quantitative estimate of drug-likeness (QED) is 0.497. The number of phenolic OH excluding ortho intramolecular Hbond substituents is 3. The first-order valence-corrected chi connectivity index (χ1v) is 5.98. The maximum Gasteiger partial charge on any atom is 0.336 e. The Hall–Kier alpha value is -3.35. The van der Waals surface area contributed by atoms with Crippen LogP contribution in [0.4, 0.5) is 0 Å². The van der Waals surface area contributed by atoms with E-state index in [2.05, 4.69) is 0 Å². The fourth-order valence-electron chi connectivity index (χ4n) is 2.05. The highest BCUT2D eigenvalue weighted by molar-refractivity contribution is 6.19. The van der Waals surface area contributed by atoms with Gasteiger partial charge >= 0.3 is 5.97 Å². The van der Waals surface area contributed by atoms with E-state index in [1.165, 1.54) is 6.07 Å². The number of benzene rings is 2. The summed E-state index contributed by atoms with van der Waals surface area (Å²) < 4.78 is 0. The number of hydrogen-bond donors (Lipinski definition) is 4. The highest BCUT2D eigenvalue weighted by Crippen LogP contribution is 2.32. The second kappa shape index (κ2) is 5.57. The number of carbonyl (C=O) groups excluding carboxylic acids is 2. The lowest BCUT2D eigenvalue weighted by Crippen LogP contribution is -2.13. The summed E-state index contributed by atoms with van der Waals surface area (Å²) in [5.74, 6) is -4.22. The van der Waals surface area contributed by atoms with Gasteiger partial charge in [0.2, 0.25) is 5.78 Å². The highest BCUT2D eigenvalue weighted by atomic mass is 16.4. The van der Waals surface area contributed by atoms with E-state index in [9.17, 15) is 29.7 Å². The van der Waals surface area contributed by atoms with Crippen LogP contribution in [0.15, 0.2) is 30.3 Å². The zero-order valence-corrected chi connectivity index (χ0v) is 11.0. The number of aromatic hydroxyl groups is 3. The molecule has 0 aliphatic heterocycles. The molecule has 2 rings (SSSR count). The van der Waals surface area contributed by atoms with Crippen molar-refractivity contribution in [3.8, 4) is 17.2 Å². The molecule has 22 heavy (non-hydrogen) atoms. The molecule has 0 aliphatic carbocycles. The number of carbonyl (C=O) groups is 3. The molecule has 0 unspecified atom stereocenters. The Balaban J connectivity index is 2.79. The van der Waals surface area contributed by atoms with Crippen molar-refractivity contribution in [3.63, 3.8) is 0 Å². The van der Waals surface area contributed by atoms with Crippen LogP contribution in [-0.4, -0.2) is 38.5 Å². The molecule has 7 nitrogen and oxygen atoms in total. The molecular formula is C15H10O7. The zero-order valence-electron chi connectivity index (χ0n) is 11.0. The third-order valence-corrected chi connectivity index (χ3v) is 2.99. The Bertz CT molecular complexity index is 772. The van der Waals surface area contributed by atoms with Gasteiger partial charge in [0.05, 0.1) is 5.56 Å². The van der Waals surface area contributed by atoms with Gasteiger partial charge in [-0.05, 0) is 24.3 Å². The topological polar surface area (TPSA) is 132 Å². The minimum atomic E-state index is -1.54. The second-order valence-electron chi connectivity index (χ2n) is 4.38. The van der Waals surface area contributed by atoms with Crippen LogP contribution in [0.1, 0.15) is 36.6 Å². The second-order valence-corrected chi connectivity index (χ2v) is 4.38. The third kappa shape index (κ3) is 2.47. The summed E-state index contributed by atoms with van der Waals surface area (Å²) in [5.41, 5.74) is -2.05. The van der Waals surface area contributed by atoms with Gasteiger partial charge in [0.25, 0.3) is 0 Å². The standard InChI is InChI=1S/C15H10O7/c16-6-7-4-8(17)5-9(15(21)22)12(7)14(20)13-10(18)2-1-3-11(13)19/h1-6,17-19H,(H,21,22). The van der Waals surface area contributed by atoms with E-state index < -0.39 is 45.7 Å². The van der Waals surface area contributed by atoms with Gasteiger partial charge in [-0.2, -0.15) is 0 Å². The molecular weight excluding hydrogens is 292 g/mol. The summed E-state index contributed by atoms with van der Waals surface area (Å²) in [6.45, 7) is 0. The molecule has 0 amide bonds. The van der Waals surface area contributed by atoms with E-state index in [0.717, 1.165) is 24.3 Å². The van der Waals surface area contributed by atoms with Crippen molar-refractivity contribution in [2.45, 2.75) is 0 Å². The SMILES string of the molecule is O=Cc1cc(O)cc(C(=O)O)c1C(=O)c1c(O)cccc1O. The van der Waals surface area contributed by atoms with Crippen LogP contribution in [0.5, 0.6) is 17.2 Å². The largest absolute Gasteiger partial charge is 0.508 e. The van der Waals surface area contributed by atoms with Crippen molar-refractivity contribution in [1.82, 2.24) is 0 Å². The van der Waals surface area contributed by atoms with Gasteiger partial charge in [-0.1, -0.05) is 6.07 Å². The molecule has 0 aliphatic rings. The lowest BCUT2D eigenvalue weighted by molar-refractivity contribution is 0.0692. The van der Waals surface area contributed by atoms with Crippen LogP contribution in [-0.2, 0) is 0 Å². The van der Waals surface area contributed by atoms with Gasteiger partial charge < -0.3 is 20.4 Å². The van der Waals surface area contributed by atoms with E-state index in [4.69, 9.17) is 5.11 Å². The summed E-state index contributed by atoms with van der Waals surface area (Å²) in [5, 5.41) is 38.0. The first-order chi connectivity index (χ1) is 10.4. The minimum absolute atomic E-state index is 0.205. The maximum absolute atomic E-state index is 12.5. The summed E-state index contributed by atoms with van der Waals surface area (Å²) >= 11 is 0. The number of ketones is 1. The maximum atomic E-state index is 12.5. The summed E-state index contributed by atoms with van der Waals surface area (Å²) in [6.07, 6.45) is 0.205. The first kappa shape index (κ1) is 15.0. The Kier molecular flexibility index (Phi) is 3.81. The number of aldehydes is 1. The number of aromatic carboxylic acids is 1. The molecule has 0 bridgehead atoms. The monoisotopic (exact) mass is 302 g/mol. The van der Waals surface area contributed by atoms with Crippen LogP contribution in [0.3, 0.4) is 0 Å². The normalized spacial score (nSPS) is 10.2. The molecule has 0 atom stereocenters. The number of phenols is 3. The molecule has 2 aromatic rings. The molecule has 112 valence electrons. The van der Waals surface area contributed by atoms with Gasteiger partial charge in [0.1, 0.15) is 22.8 Å². The van der Waals surface area contributed by atoms with Gasteiger partial charge in [-0.15, -0.1) is 0 Å². The lowest BCUT2D eigenvalue weighted by atomic mass is 9.92. The lowest BCUT2D eigenvalue weighted by Gasteiger charge is -2.11. The summed E-state index contributed by atoms with van der Waals surface area (Å²) in [7, 11) is 0. The van der Waals surface area contributed by atoms with E-state index in [1.807, 2.05) is 0 Å². The van der Waals surface area contributed by atoms with Crippen LogP contribution in [0.25, 0.3) is 0 Å². The Labute approximate surface area is 123 Å². The van der Waals surface area contributed by atoms with Crippen molar-refractivity contribution in [3.05, 3.63) is 52.6 Å². The molecule has 2 aromatic carbocycles. The van der Waals surface area contributed by atoms with Gasteiger partial charge in [0, 0.05) is 11.1 Å². The molecule has 0 fully saturated rings. The van der Waals surface area contributed by atoms with E-state index in [-0.39, 0.29) is 11.8 Å². The van der Waals surface area contributed by atoms with Crippen LogP contribution < -0.4 is 0 Å². The van der Waals surface area contributed by atoms with Crippen molar-refractivity contribution in [1.29, 1.82) is 0 Å².